The number of nitrogens with zero attached hydrogens (tertiary/aromatic N) is 4. The molecule has 148 valence electrons. The van der Waals surface area contributed by atoms with E-state index in [0.29, 0.717) is 43.5 Å². The van der Waals surface area contributed by atoms with Crippen LogP contribution in [0.2, 0.25) is 0 Å². The molecule has 2 aliphatic rings. The summed E-state index contributed by atoms with van der Waals surface area (Å²) >= 11 is 0. The molecule has 2 amide bonds. The second-order valence-electron chi connectivity index (χ2n) is 7.10. The van der Waals surface area contributed by atoms with Crippen LogP contribution in [0.1, 0.15) is 12.5 Å². The summed E-state index contributed by atoms with van der Waals surface area (Å²) in [5, 5.41) is 11.3. The zero-order valence-electron chi connectivity index (χ0n) is 15.8. The monoisotopic (exact) mass is 391 g/mol. The molecule has 29 heavy (non-hydrogen) atoms. The van der Waals surface area contributed by atoms with Crippen molar-refractivity contribution in [1.82, 2.24) is 19.7 Å². The summed E-state index contributed by atoms with van der Waals surface area (Å²) in [6.07, 6.45) is 2.60. The molecule has 8 nitrogen and oxygen atoms in total. The van der Waals surface area contributed by atoms with Gasteiger partial charge in [0.05, 0.1) is 6.04 Å². The average Bonchev–Trinajstić information content (AvgIpc) is 3.44. The third kappa shape index (κ3) is 3.49. The Morgan fingerprint density at radius 2 is 1.90 bits per heavy atom. The number of urea groups is 1. The summed E-state index contributed by atoms with van der Waals surface area (Å²) < 4.78 is 13.2. The summed E-state index contributed by atoms with van der Waals surface area (Å²) in [5.41, 5.74) is 1.71. The van der Waals surface area contributed by atoms with Gasteiger partial charge in [0.1, 0.15) is 19.5 Å². The van der Waals surface area contributed by atoms with E-state index in [0.717, 1.165) is 17.8 Å². The first-order valence-corrected chi connectivity index (χ1v) is 9.68. The van der Waals surface area contributed by atoms with Gasteiger partial charge in [-0.1, -0.05) is 30.3 Å². The van der Waals surface area contributed by atoms with Gasteiger partial charge in [-0.05, 0) is 18.6 Å². The number of aromatic nitrogens is 3. The summed E-state index contributed by atoms with van der Waals surface area (Å²) in [6.45, 7) is 2.34. The molecule has 2 aliphatic heterocycles. The second kappa shape index (κ2) is 7.46. The van der Waals surface area contributed by atoms with E-state index in [4.69, 9.17) is 9.47 Å². The molecule has 1 saturated heterocycles. The van der Waals surface area contributed by atoms with Crippen LogP contribution in [0.5, 0.6) is 11.5 Å². The zero-order valence-corrected chi connectivity index (χ0v) is 15.8. The van der Waals surface area contributed by atoms with Crippen LogP contribution in [0.3, 0.4) is 0 Å². The van der Waals surface area contributed by atoms with Crippen LogP contribution < -0.4 is 14.8 Å². The minimum Gasteiger partial charge on any atom is -0.486 e. The van der Waals surface area contributed by atoms with Gasteiger partial charge in [-0.2, -0.15) is 0 Å². The maximum Gasteiger partial charge on any atom is 0.321 e. The molecule has 3 heterocycles. The summed E-state index contributed by atoms with van der Waals surface area (Å²) in [5.74, 6) is 2.19. The maximum atomic E-state index is 12.8. The van der Waals surface area contributed by atoms with Crippen molar-refractivity contribution in [2.24, 2.45) is 0 Å². The number of hydrogen-bond acceptors (Lipinski definition) is 5. The van der Waals surface area contributed by atoms with Crippen LogP contribution in [0.25, 0.3) is 11.4 Å². The van der Waals surface area contributed by atoms with Crippen molar-refractivity contribution in [3.8, 4) is 22.9 Å². The fourth-order valence-corrected chi connectivity index (χ4v) is 3.78. The molecule has 5 rings (SSSR count). The minimum atomic E-state index is -0.126. The van der Waals surface area contributed by atoms with Crippen molar-refractivity contribution in [2.45, 2.75) is 12.5 Å². The number of amides is 2. The molecule has 0 saturated carbocycles. The molecule has 1 unspecified atom stereocenters. The van der Waals surface area contributed by atoms with Gasteiger partial charge in [0.2, 0.25) is 0 Å². The van der Waals surface area contributed by atoms with Gasteiger partial charge in [-0.3, -0.25) is 0 Å². The fraction of sp³-hybridized carbons (Fsp3) is 0.286. The molecule has 1 N–H and O–H groups in total. The molecule has 2 aromatic carbocycles. The fourth-order valence-electron chi connectivity index (χ4n) is 3.78. The number of carbonyl (C=O) groups excluding carboxylic acids is 1. The molecule has 1 fully saturated rings. The Labute approximate surface area is 168 Å². The minimum absolute atomic E-state index is 0.126. The van der Waals surface area contributed by atoms with Crippen LogP contribution in [-0.2, 0) is 0 Å². The molecule has 1 atom stereocenters. The van der Waals surface area contributed by atoms with Gasteiger partial charge >= 0.3 is 6.03 Å². The smallest absolute Gasteiger partial charge is 0.321 e. The molecule has 0 radical (unpaired) electrons. The largest absolute Gasteiger partial charge is 0.486 e. The first-order chi connectivity index (χ1) is 14.3. The van der Waals surface area contributed by atoms with E-state index in [2.05, 4.69) is 20.1 Å². The number of hydrogen-bond donors (Lipinski definition) is 1. The highest BCUT2D eigenvalue weighted by Crippen LogP contribution is 2.33. The lowest BCUT2D eigenvalue weighted by Crippen LogP contribution is -2.33. The summed E-state index contributed by atoms with van der Waals surface area (Å²) in [4.78, 5) is 14.6. The van der Waals surface area contributed by atoms with E-state index in [-0.39, 0.29) is 12.1 Å². The third-order valence-corrected chi connectivity index (χ3v) is 5.24. The van der Waals surface area contributed by atoms with Crippen molar-refractivity contribution in [2.75, 3.05) is 31.6 Å². The molecule has 0 bridgehead atoms. The van der Waals surface area contributed by atoms with Crippen molar-refractivity contribution < 1.29 is 14.3 Å². The Bertz CT molecular complexity index is 1020. The van der Waals surface area contributed by atoms with Crippen LogP contribution >= 0.6 is 0 Å². The number of anilines is 1. The van der Waals surface area contributed by atoms with Crippen LogP contribution in [0.4, 0.5) is 10.5 Å². The predicted molar refractivity (Wildman–Crippen MR) is 107 cm³/mol. The van der Waals surface area contributed by atoms with E-state index >= 15 is 0 Å². The molecule has 0 aliphatic carbocycles. The maximum absolute atomic E-state index is 12.8. The van der Waals surface area contributed by atoms with Gasteiger partial charge in [-0.25, -0.2) is 4.79 Å². The Kier molecular flexibility index (Phi) is 4.51. The second-order valence-corrected chi connectivity index (χ2v) is 7.10. The number of carbonyl (C=O) groups is 1. The van der Waals surface area contributed by atoms with Gasteiger partial charge in [0, 0.05) is 30.4 Å². The lowest BCUT2D eigenvalue weighted by Gasteiger charge is -2.21. The highest BCUT2D eigenvalue weighted by molar-refractivity contribution is 5.90. The first-order valence-electron chi connectivity index (χ1n) is 9.68. The van der Waals surface area contributed by atoms with Crippen LogP contribution in [0, 0.1) is 0 Å². The predicted octanol–water partition coefficient (Wildman–Crippen LogP) is 3.20. The SMILES string of the molecule is O=C(Nc1ccc2c(c1)OCCO2)N1CCC(n2cnnc2-c2ccccc2)C1. The molecule has 0 spiro atoms. The molecule has 8 heteroatoms. The molecular formula is C21H21N5O3. The summed E-state index contributed by atoms with van der Waals surface area (Å²) in [6, 6.07) is 15.4. The normalized spacial score (nSPS) is 17.9. The van der Waals surface area contributed by atoms with Crippen molar-refractivity contribution in [1.29, 1.82) is 0 Å². The van der Waals surface area contributed by atoms with E-state index in [9.17, 15) is 4.79 Å². The van der Waals surface area contributed by atoms with Gasteiger partial charge in [-0.15, -0.1) is 10.2 Å². The summed E-state index contributed by atoms with van der Waals surface area (Å²) in [7, 11) is 0. The van der Waals surface area contributed by atoms with Crippen molar-refractivity contribution in [3.05, 3.63) is 54.9 Å². The van der Waals surface area contributed by atoms with Gasteiger partial charge in [0.15, 0.2) is 17.3 Å². The van der Waals surface area contributed by atoms with Crippen molar-refractivity contribution >= 4 is 11.7 Å². The number of likely N-dealkylation sites (tertiary alicyclic amines) is 1. The number of rotatable bonds is 3. The van der Waals surface area contributed by atoms with Crippen LogP contribution in [-0.4, -0.2) is 52.0 Å². The number of ether oxygens (including phenoxy) is 2. The Morgan fingerprint density at radius 1 is 1.07 bits per heavy atom. The molecular weight excluding hydrogens is 370 g/mol. The Morgan fingerprint density at radius 3 is 2.76 bits per heavy atom. The lowest BCUT2D eigenvalue weighted by molar-refractivity contribution is 0.171. The lowest BCUT2D eigenvalue weighted by atomic mass is 10.2. The van der Waals surface area contributed by atoms with Gasteiger partial charge in [0.25, 0.3) is 0 Å². The average molecular weight is 391 g/mol. The quantitative estimate of drug-likeness (QED) is 0.742. The van der Waals surface area contributed by atoms with Crippen molar-refractivity contribution in [3.63, 3.8) is 0 Å². The van der Waals surface area contributed by atoms with Crippen LogP contribution in [0.15, 0.2) is 54.9 Å². The van der Waals surface area contributed by atoms with Gasteiger partial charge < -0.3 is 24.3 Å². The highest BCUT2D eigenvalue weighted by atomic mass is 16.6. The molecule has 3 aromatic rings. The van der Waals surface area contributed by atoms with E-state index in [1.54, 1.807) is 12.4 Å². The van der Waals surface area contributed by atoms with E-state index in [1.165, 1.54) is 0 Å². The van der Waals surface area contributed by atoms with E-state index in [1.807, 2.05) is 47.4 Å². The number of nitrogens with one attached hydrogen (secondary N) is 1. The number of benzene rings is 2. The standard InChI is InChI=1S/C21H21N5O3/c27-21(23-16-6-7-18-19(12-16)29-11-10-28-18)25-9-8-17(13-25)26-14-22-24-20(26)15-4-2-1-3-5-15/h1-7,12,14,17H,8-11,13H2,(H,23,27). The highest BCUT2D eigenvalue weighted by Gasteiger charge is 2.29. The topological polar surface area (TPSA) is 81.5 Å². The Balaban J connectivity index is 1.27. The third-order valence-electron chi connectivity index (χ3n) is 5.24. The molecule has 1 aromatic heterocycles. The zero-order chi connectivity index (χ0) is 19.6. The van der Waals surface area contributed by atoms with E-state index < -0.39 is 0 Å². The number of fused-ring (bicyclic) bond motifs is 1. The Hall–Kier alpha value is -3.55. The first kappa shape index (κ1) is 17.5.